The summed E-state index contributed by atoms with van der Waals surface area (Å²) in [6, 6.07) is 19.0. The van der Waals surface area contributed by atoms with Crippen LogP contribution >= 0.6 is 0 Å². The number of nitrogens with one attached hydrogen (secondary N) is 2. The van der Waals surface area contributed by atoms with E-state index in [1.807, 2.05) is 60.7 Å². The Bertz CT molecular complexity index is 736. The molecule has 136 valence electrons. The molecule has 0 aromatic heterocycles. The predicted molar refractivity (Wildman–Crippen MR) is 96.0 cm³/mol. The van der Waals surface area contributed by atoms with E-state index in [4.69, 9.17) is 9.47 Å². The van der Waals surface area contributed by atoms with E-state index >= 15 is 0 Å². The number of carbonyl (C=O) groups excluding carboxylic acids is 2. The Kier molecular flexibility index (Phi) is 5.99. The fraction of sp³-hybridized carbons (Fsp3) is 0.300. The molecule has 3 unspecified atom stereocenters. The normalized spacial score (nSPS) is 22.5. The molecule has 1 saturated heterocycles. The number of benzene rings is 2. The molecule has 0 aliphatic carbocycles. The largest absolute Gasteiger partial charge is 0.463 e. The first-order valence-corrected chi connectivity index (χ1v) is 8.53. The Morgan fingerprint density at radius 2 is 1.58 bits per heavy atom. The number of amides is 1. The maximum atomic E-state index is 12.7. The van der Waals surface area contributed by atoms with Crippen LogP contribution in [0.4, 0.5) is 0 Å². The van der Waals surface area contributed by atoms with E-state index in [1.165, 1.54) is 7.11 Å². The van der Waals surface area contributed by atoms with Crippen LogP contribution in [0.1, 0.15) is 23.1 Å². The van der Waals surface area contributed by atoms with Crippen molar-refractivity contribution in [1.29, 1.82) is 0 Å². The molecule has 6 heteroatoms. The lowest BCUT2D eigenvalue weighted by Crippen LogP contribution is -2.56. The summed E-state index contributed by atoms with van der Waals surface area (Å²) in [4.78, 5) is 25.2. The molecule has 3 rings (SSSR count). The van der Waals surface area contributed by atoms with Gasteiger partial charge in [-0.3, -0.25) is 15.0 Å². The van der Waals surface area contributed by atoms with Gasteiger partial charge in [-0.1, -0.05) is 60.7 Å². The van der Waals surface area contributed by atoms with Gasteiger partial charge in [0.2, 0.25) is 5.91 Å². The van der Waals surface area contributed by atoms with Crippen molar-refractivity contribution in [3.8, 4) is 0 Å². The van der Waals surface area contributed by atoms with Crippen molar-refractivity contribution >= 4 is 11.9 Å². The molecule has 1 aliphatic rings. The fourth-order valence-corrected chi connectivity index (χ4v) is 3.25. The standard InChI is InChI=1S/C20H22N2O4/c1-25-12-13-26-20(24)17-16(14-8-4-2-5-9-14)18(21-22-19(17)23)15-10-6-3-7-11-15/h2-11,16-18,21H,12-13H2,1H3,(H,22,23). The molecule has 1 fully saturated rings. The van der Waals surface area contributed by atoms with Crippen LogP contribution in [0.5, 0.6) is 0 Å². The van der Waals surface area contributed by atoms with E-state index in [-0.39, 0.29) is 25.2 Å². The Balaban J connectivity index is 1.96. The monoisotopic (exact) mass is 354 g/mol. The number of carbonyl (C=O) groups is 2. The topological polar surface area (TPSA) is 76.7 Å². The first-order chi connectivity index (χ1) is 12.7. The molecule has 0 saturated carbocycles. The Labute approximate surface area is 152 Å². The van der Waals surface area contributed by atoms with Crippen molar-refractivity contribution in [3.05, 3.63) is 71.8 Å². The number of hydrogen-bond acceptors (Lipinski definition) is 5. The summed E-state index contributed by atoms with van der Waals surface area (Å²) in [7, 11) is 1.53. The molecule has 1 heterocycles. The van der Waals surface area contributed by atoms with Gasteiger partial charge >= 0.3 is 5.97 Å². The number of hydrogen-bond donors (Lipinski definition) is 2. The van der Waals surface area contributed by atoms with Gasteiger partial charge in [-0.15, -0.1) is 0 Å². The first-order valence-electron chi connectivity index (χ1n) is 8.53. The highest BCUT2D eigenvalue weighted by Crippen LogP contribution is 2.39. The van der Waals surface area contributed by atoms with Crippen molar-refractivity contribution < 1.29 is 19.1 Å². The quantitative estimate of drug-likeness (QED) is 0.471. The number of esters is 1. The van der Waals surface area contributed by atoms with Crippen LogP contribution in [-0.2, 0) is 19.1 Å². The SMILES string of the molecule is COCCOC(=O)C1C(=O)NNC(c2ccccc2)C1c1ccccc1. The van der Waals surface area contributed by atoms with Gasteiger partial charge in [-0.2, -0.15) is 0 Å². The number of rotatable bonds is 6. The van der Waals surface area contributed by atoms with Crippen LogP contribution in [-0.4, -0.2) is 32.2 Å². The summed E-state index contributed by atoms with van der Waals surface area (Å²) in [5, 5.41) is 0. The van der Waals surface area contributed by atoms with Gasteiger partial charge in [0, 0.05) is 13.0 Å². The average molecular weight is 354 g/mol. The van der Waals surface area contributed by atoms with Gasteiger partial charge < -0.3 is 9.47 Å². The van der Waals surface area contributed by atoms with Crippen LogP contribution in [0.15, 0.2) is 60.7 Å². The third-order valence-corrected chi connectivity index (χ3v) is 4.48. The predicted octanol–water partition coefficient (Wildman–Crippen LogP) is 1.95. The van der Waals surface area contributed by atoms with Gasteiger partial charge in [0.25, 0.3) is 0 Å². The minimum atomic E-state index is -0.944. The average Bonchev–Trinajstić information content (AvgIpc) is 2.69. The van der Waals surface area contributed by atoms with E-state index in [2.05, 4.69) is 10.9 Å². The zero-order chi connectivity index (χ0) is 18.4. The van der Waals surface area contributed by atoms with E-state index < -0.39 is 17.8 Å². The molecule has 3 atom stereocenters. The summed E-state index contributed by atoms with van der Waals surface area (Å²) in [5.41, 5.74) is 7.57. The van der Waals surface area contributed by atoms with Crippen LogP contribution in [0.2, 0.25) is 0 Å². The molecular formula is C20H22N2O4. The third-order valence-electron chi connectivity index (χ3n) is 4.48. The van der Waals surface area contributed by atoms with Gasteiger partial charge in [-0.05, 0) is 11.1 Å². The summed E-state index contributed by atoms with van der Waals surface area (Å²) in [6.07, 6.45) is 0. The molecule has 2 aromatic carbocycles. The molecule has 0 bridgehead atoms. The minimum Gasteiger partial charge on any atom is -0.463 e. The van der Waals surface area contributed by atoms with Crippen LogP contribution in [0.3, 0.4) is 0 Å². The smallest absolute Gasteiger partial charge is 0.319 e. The Morgan fingerprint density at radius 1 is 0.962 bits per heavy atom. The maximum absolute atomic E-state index is 12.7. The van der Waals surface area contributed by atoms with E-state index in [1.54, 1.807) is 0 Å². The van der Waals surface area contributed by atoms with Gasteiger partial charge in [0.1, 0.15) is 12.5 Å². The molecular weight excluding hydrogens is 332 g/mol. The van der Waals surface area contributed by atoms with Crippen molar-refractivity contribution in [1.82, 2.24) is 10.9 Å². The van der Waals surface area contributed by atoms with Crippen LogP contribution in [0.25, 0.3) is 0 Å². The third kappa shape index (κ3) is 3.92. The summed E-state index contributed by atoms with van der Waals surface area (Å²) >= 11 is 0. The van der Waals surface area contributed by atoms with Crippen molar-refractivity contribution in [2.45, 2.75) is 12.0 Å². The van der Waals surface area contributed by atoms with Crippen LogP contribution in [0, 0.1) is 5.92 Å². The van der Waals surface area contributed by atoms with Crippen LogP contribution < -0.4 is 10.9 Å². The molecule has 0 radical (unpaired) electrons. The van der Waals surface area contributed by atoms with Crippen molar-refractivity contribution in [3.63, 3.8) is 0 Å². The molecule has 6 nitrogen and oxygen atoms in total. The number of ether oxygens (including phenoxy) is 2. The molecule has 26 heavy (non-hydrogen) atoms. The molecule has 0 spiro atoms. The zero-order valence-corrected chi connectivity index (χ0v) is 14.6. The van der Waals surface area contributed by atoms with Crippen molar-refractivity contribution in [2.75, 3.05) is 20.3 Å². The Morgan fingerprint density at radius 3 is 2.19 bits per heavy atom. The second-order valence-electron chi connectivity index (χ2n) is 6.10. The number of methoxy groups -OCH3 is 1. The molecule has 1 aliphatic heterocycles. The van der Waals surface area contributed by atoms with E-state index in [9.17, 15) is 9.59 Å². The molecule has 1 amide bonds. The summed E-state index contributed by atoms with van der Waals surface area (Å²) in [5.74, 6) is -2.27. The highest BCUT2D eigenvalue weighted by atomic mass is 16.6. The van der Waals surface area contributed by atoms with Gasteiger partial charge in [0.15, 0.2) is 0 Å². The minimum absolute atomic E-state index is 0.115. The van der Waals surface area contributed by atoms with Crippen molar-refractivity contribution in [2.24, 2.45) is 5.92 Å². The van der Waals surface area contributed by atoms with E-state index in [0.29, 0.717) is 0 Å². The highest BCUT2D eigenvalue weighted by Gasteiger charge is 2.45. The molecule has 2 N–H and O–H groups in total. The summed E-state index contributed by atoms with van der Waals surface area (Å²) in [6.45, 7) is 0.403. The lowest BCUT2D eigenvalue weighted by molar-refractivity contribution is -0.157. The first kappa shape index (κ1) is 18.1. The second-order valence-corrected chi connectivity index (χ2v) is 6.10. The zero-order valence-electron chi connectivity index (χ0n) is 14.6. The fourth-order valence-electron chi connectivity index (χ4n) is 3.25. The lowest BCUT2D eigenvalue weighted by Gasteiger charge is -2.37. The number of hydrazine groups is 1. The summed E-state index contributed by atoms with van der Waals surface area (Å²) < 4.78 is 10.2. The van der Waals surface area contributed by atoms with E-state index in [0.717, 1.165) is 11.1 Å². The second kappa shape index (κ2) is 8.60. The maximum Gasteiger partial charge on any atom is 0.319 e. The Hall–Kier alpha value is -2.70. The van der Waals surface area contributed by atoms with Gasteiger partial charge in [0.05, 0.1) is 12.6 Å². The lowest BCUT2D eigenvalue weighted by atomic mass is 9.76. The molecule has 2 aromatic rings. The highest BCUT2D eigenvalue weighted by molar-refractivity contribution is 5.99. The van der Waals surface area contributed by atoms with Gasteiger partial charge in [-0.25, -0.2) is 5.43 Å².